The summed E-state index contributed by atoms with van der Waals surface area (Å²) >= 11 is 0. The Labute approximate surface area is 219 Å². The summed E-state index contributed by atoms with van der Waals surface area (Å²) < 4.78 is 5.72. The topological polar surface area (TPSA) is 83.3 Å². The number of amidine groups is 1. The maximum atomic E-state index is 12.9. The zero-order valence-corrected chi connectivity index (χ0v) is 22.9. The zero-order valence-electron chi connectivity index (χ0n) is 22.9. The van der Waals surface area contributed by atoms with Crippen LogP contribution in [0.5, 0.6) is 0 Å². The minimum absolute atomic E-state index is 0.192. The molecular weight excluding hydrogens is 464 g/mol. The summed E-state index contributed by atoms with van der Waals surface area (Å²) in [6, 6.07) is 5.91. The van der Waals surface area contributed by atoms with E-state index in [2.05, 4.69) is 45.9 Å². The Kier molecular flexibility index (Phi) is 7.76. The van der Waals surface area contributed by atoms with Gasteiger partial charge in [-0.05, 0) is 70.7 Å². The molecule has 1 aliphatic carbocycles. The number of fused-ring (bicyclic) bond motifs is 1. The number of rotatable bonds is 5. The molecule has 0 radical (unpaired) electrons. The van der Waals surface area contributed by atoms with E-state index < -0.39 is 5.60 Å². The molecule has 0 N–H and O–H groups in total. The molecule has 1 saturated carbocycles. The number of benzene rings is 1. The smallest absolute Gasteiger partial charge is 0.410 e. The van der Waals surface area contributed by atoms with Crippen LogP contribution < -0.4 is 0 Å². The van der Waals surface area contributed by atoms with Crippen molar-refractivity contribution in [1.29, 1.82) is 0 Å². The molecule has 1 aliphatic heterocycles. The monoisotopic (exact) mass is 502 g/mol. The number of piperazine rings is 1. The minimum Gasteiger partial charge on any atom is -0.444 e. The summed E-state index contributed by atoms with van der Waals surface area (Å²) in [7, 11) is 1.77. The predicted molar refractivity (Wildman–Crippen MR) is 149 cm³/mol. The van der Waals surface area contributed by atoms with Crippen molar-refractivity contribution in [1.82, 2.24) is 19.8 Å². The van der Waals surface area contributed by atoms with Gasteiger partial charge in [-0.25, -0.2) is 9.79 Å². The van der Waals surface area contributed by atoms with Crippen LogP contribution in [0.4, 0.5) is 4.79 Å². The lowest BCUT2D eigenvalue weighted by Gasteiger charge is -2.43. The molecule has 1 amide bonds. The fourth-order valence-corrected chi connectivity index (χ4v) is 4.45. The van der Waals surface area contributed by atoms with Gasteiger partial charge in [0.05, 0.1) is 22.3 Å². The van der Waals surface area contributed by atoms with Gasteiger partial charge in [0, 0.05) is 45.3 Å². The number of aromatic nitrogens is 2. The normalized spacial score (nSPS) is 18.7. The second-order valence-corrected chi connectivity index (χ2v) is 10.8. The van der Waals surface area contributed by atoms with E-state index in [1.165, 1.54) is 5.57 Å². The Morgan fingerprint density at radius 2 is 1.86 bits per heavy atom. The fourth-order valence-electron chi connectivity index (χ4n) is 4.45. The van der Waals surface area contributed by atoms with E-state index in [0.717, 1.165) is 48.1 Å². The molecule has 2 aromatic rings. The number of hydrogen-bond acceptors (Lipinski definition) is 6. The van der Waals surface area contributed by atoms with Crippen LogP contribution in [-0.4, -0.2) is 75.7 Å². The van der Waals surface area contributed by atoms with Gasteiger partial charge in [0.15, 0.2) is 5.84 Å². The van der Waals surface area contributed by atoms with Crippen LogP contribution in [0.15, 0.2) is 64.0 Å². The first-order chi connectivity index (χ1) is 17.6. The van der Waals surface area contributed by atoms with Crippen molar-refractivity contribution < 1.29 is 9.53 Å². The van der Waals surface area contributed by atoms with E-state index in [1.807, 2.05) is 50.1 Å². The van der Waals surface area contributed by atoms with Crippen molar-refractivity contribution in [3.8, 4) is 0 Å². The first kappa shape index (κ1) is 26.5. The van der Waals surface area contributed by atoms with E-state index in [0.29, 0.717) is 18.9 Å². The highest BCUT2D eigenvalue weighted by molar-refractivity contribution is 6.05. The first-order valence-corrected chi connectivity index (χ1v) is 13.0. The maximum absolute atomic E-state index is 12.9. The third-order valence-electron chi connectivity index (χ3n) is 6.79. The summed E-state index contributed by atoms with van der Waals surface area (Å²) in [5, 5.41) is 0. The molecule has 0 atom stereocenters. The van der Waals surface area contributed by atoms with Crippen LogP contribution in [0.3, 0.4) is 0 Å². The number of amides is 1. The number of nitrogens with zero attached hydrogens (tertiary/aromatic N) is 6. The second-order valence-electron chi connectivity index (χ2n) is 10.8. The molecule has 4 rings (SSSR count). The average Bonchev–Trinajstić information content (AvgIpc) is 3.63. The van der Waals surface area contributed by atoms with Gasteiger partial charge in [0.1, 0.15) is 5.60 Å². The molecule has 8 nitrogen and oxygen atoms in total. The number of hydrogen-bond donors (Lipinski definition) is 0. The maximum Gasteiger partial charge on any atom is 0.410 e. The number of carbonyl (C=O) groups excluding carboxylic acids is 1. The molecule has 8 heteroatoms. The van der Waals surface area contributed by atoms with Gasteiger partial charge in [0.2, 0.25) is 0 Å². The molecular formula is C29H38N6O2. The molecule has 1 aromatic heterocycles. The van der Waals surface area contributed by atoms with Crippen molar-refractivity contribution in [3.05, 3.63) is 59.6 Å². The van der Waals surface area contributed by atoms with Gasteiger partial charge in [-0.1, -0.05) is 24.6 Å². The van der Waals surface area contributed by atoms with E-state index in [-0.39, 0.29) is 11.6 Å². The quantitative estimate of drug-likeness (QED) is 0.310. The largest absolute Gasteiger partial charge is 0.444 e. The van der Waals surface area contributed by atoms with Gasteiger partial charge in [0.25, 0.3) is 0 Å². The van der Waals surface area contributed by atoms with Crippen molar-refractivity contribution in [2.24, 2.45) is 9.98 Å². The van der Waals surface area contributed by atoms with Gasteiger partial charge in [-0.3, -0.25) is 19.9 Å². The summed E-state index contributed by atoms with van der Waals surface area (Å²) in [5.41, 5.74) is 4.14. The van der Waals surface area contributed by atoms with Crippen molar-refractivity contribution in [2.45, 2.75) is 65.0 Å². The van der Waals surface area contributed by atoms with E-state index >= 15 is 0 Å². The molecule has 1 spiro atoms. The minimum atomic E-state index is -0.511. The Morgan fingerprint density at radius 3 is 2.51 bits per heavy atom. The molecule has 196 valence electrons. The summed E-state index contributed by atoms with van der Waals surface area (Å²) in [6.45, 7) is 12.0. The zero-order chi connectivity index (χ0) is 26.6. The number of aliphatic imine (C=N–C) groups is 2. The molecule has 37 heavy (non-hydrogen) atoms. The summed E-state index contributed by atoms with van der Waals surface area (Å²) in [4.78, 5) is 35.3. The predicted octanol–water partition coefficient (Wildman–Crippen LogP) is 5.40. The van der Waals surface area contributed by atoms with Crippen molar-refractivity contribution in [3.63, 3.8) is 0 Å². The lowest BCUT2D eigenvalue weighted by Crippen LogP contribution is -2.57. The lowest BCUT2D eigenvalue weighted by molar-refractivity contribution is -0.00210. The Morgan fingerprint density at radius 1 is 1.14 bits per heavy atom. The van der Waals surface area contributed by atoms with E-state index in [4.69, 9.17) is 9.73 Å². The third-order valence-corrected chi connectivity index (χ3v) is 6.79. The fraction of sp³-hybridized carbons (Fsp3) is 0.483. The molecule has 0 unspecified atom stereocenters. The van der Waals surface area contributed by atoms with Crippen LogP contribution >= 0.6 is 0 Å². The number of allylic oxidation sites excluding steroid dienone is 3. The molecule has 2 aliphatic rings. The standard InChI is InChI=1S/C29H38N6O2/c1-7-21(2)8-11-25(26(30-6)33-19-22-9-10-23-24(18-22)32-15-14-31-23)34-16-17-35(29(20-34)12-13-29)27(36)37-28(3,4)5/h8-11,14-15,18-19H,7,12-13,16-17,20H2,1-6H3/b21-8+,25-11+,30-26?,33-19?. The van der Waals surface area contributed by atoms with Gasteiger partial charge < -0.3 is 9.64 Å². The van der Waals surface area contributed by atoms with Gasteiger partial charge in [-0.2, -0.15) is 0 Å². The highest BCUT2D eigenvalue weighted by Crippen LogP contribution is 2.45. The third kappa shape index (κ3) is 6.42. The highest BCUT2D eigenvalue weighted by atomic mass is 16.6. The van der Waals surface area contributed by atoms with E-state index in [9.17, 15) is 4.79 Å². The van der Waals surface area contributed by atoms with Crippen LogP contribution in [0.25, 0.3) is 11.0 Å². The first-order valence-electron chi connectivity index (χ1n) is 13.0. The van der Waals surface area contributed by atoms with Gasteiger partial charge in [-0.15, -0.1) is 0 Å². The Balaban J connectivity index is 1.59. The van der Waals surface area contributed by atoms with Crippen LogP contribution in [-0.2, 0) is 4.74 Å². The lowest BCUT2D eigenvalue weighted by atomic mass is 10.1. The second kappa shape index (κ2) is 10.8. The molecule has 1 saturated heterocycles. The highest BCUT2D eigenvalue weighted by Gasteiger charge is 2.54. The Bertz CT molecular complexity index is 1270. The average molecular weight is 503 g/mol. The molecule has 1 aromatic carbocycles. The van der Waals surface area contributed by atoms with Crippen molar-refractivity contribution in [2.75, 3.05) is 26.7 Å². The molecule has 2 fully saturated rings. The van der Waals surface area contributed by atoms with Crippen LogP contribution in [0.1, 0.15) is 59.4 Å². The number of ether oxygens (including phenoxy) is 1. The van der Waals surface area contributed by atoms with Crippen LogP contribution in [0.2, 0.25) is 0 Å². The summed E-state index contributed by atoms with van der Waals surface area (Å²) in [5.74, 6) is 0.654. The van der Waals surface area contributed by atoms with Crippen molar-refractivity contribution >= 4 is 29.2 Å². The summed E-state index contributed by atoms with van der Waals surface area (Å²) in [6.07, 6.45) is 12.2. The Hall–Kier alpha value is -3.55. The number of carbonyl (C=O) groups is 1. The van der Waals surface area contributed by atoms with Crippen LogP contribution in [0, 0.1) is 0 Å². The van der Waals surface area contributed by atoms with Gasteiger partial charge >= 0.3 is 6.09 Å². The van der Waals surface area contributed by atoms with E-state index in [1.54, 1.807) is 19.4 Å². The SMILES string of the molecule is CC/C(C)=C/C=C(\C(N=Cc1ccc2nccnc2c1)=NC)N1CCN(C(=O)OC(C)(C)C)C2(CC2)C1. The molecule has 0 bridgehead atoms. The molecule has 2 heterocycles.